The number of nitrogens with zero attached hydrogens (tertiary/aromatic N) is 3. The van der Waals surface area contributed by atoms with Crippen molar-refractivity contribution in [1.29, 1.82) is 0 Å². The molecule has 146 valence electrons. The number of rotatable bonds is 5. The second-order valence-corrected chi connectivity index (χ2v) is 6.65. The smallest absolute Gasteiger partial charge is 0.259 e. The number of carbonyl (C=O) groups excluding carboxylic acids is 2. The van der Waals surface area contributed by atoms with Crippen molar-refractivity contribution in [3.8, 4) is 22.6 Å². The lowest BCUT2D eigenvalue weighted by atomic mass is 10.1. The molecule has 2 aromatic carbocycles. The number of pyridine rings is 1. The van der Waals surface area contributed by atoms with Gasteiger partial charge >= 0.3 is 0 Å². The van der Waals surface area contributed by atoms with Gasteiger partial charge in [-0.3, -0.25) is 14.6 Å². The van der Waals surface area contributed by atoms with Crippen LogP contribution < -0.4 is 5.32 Å². The zero-order valence-corrected chi connectivity index (χ0v) is 16.2. The van der Waals surface area contributed by atoms with E-state index < -0.39 is 0 Å². The quantitative estimate of drug-likeness (QED) is 0.498. The summed E-state index contributed by atoms with van der Waals surface area (Å²) in [6.45, 7) is 1.50. The Kier molecular flexibility index (Phi) is 5.39. The van der Waals surface area contributed by atoms with E-state index >= 15 is 0 Å². The maximum Gasteiger partial charge on any atom is 0.259 e. The van der Waals surface area contributed by atoms with Crippen LogP contribution in [-0.4, -0.2) is 26.6 Å². The van der Waals surface area contributed by atoms with Crippen LogP contribution in [0.3, 0.4) is 0 Å². The first-order valence-corrected chi connectivity index (χ1v) is 9.37. The molecule has 0 aliphatic heterocycles. The highest BCUT2D eigenvalue weighted by Crippen LogP contribution is 2.25. The molecule has 0 unspecified atom stereocenters. The van der Waals surface area contributed by atoms with Gasteiger partial charge in [-0.1, -0.05) is 30.3 Å². The Labute approximate surface area is 173 Å². The zero-order valence-electron chi connectivity index (χ0n) is 16.2. The molecule has 4 aromatic rings. The number of anilines is 1. The molecule has 0 fully saturated rings. The maximum absolute atomic E-state index is 13.0. The molecule has 1 amide bonds. The molecule has 6 nitrogen and oxygen atoms in total. The Balaban J connectivity index is 1.71. The van der Waals surface area contributed by atoms with E-state index in [9.17, 15) is 9.59 Å². The number of carbonyl (C=O) groups is 2. The molecule has 0 aliphatic carbocycles. The Morgan fingerprint density at radius 3 is 2.20 bits per heavy atom. The molecule has 0 atom stereocenters. The van der Waals surface area contributed by atoms with Gasteiger partial charge in [-0.15, -0.1) is 0 Å². The Hall–Kier alpha value is -4.19. The second kappa shape index (κ2) is 8.45. The fourth-order valence-electron chi connectivity index (χ4n) is 2.99. The Bertz CT molecular complexity index is 1190. The van der Waals surface area contributed by atoms with Gasteiger partial charge in [0.15, 0.2) is 11.6 Å². The van der Waals surface area contributed by atoms with E-state index in [0.29, 0.717) is 28.3 Å². The minimum Gasteiger partial charge on any atom is -0.322 e. The van der Waals surface area contributed by atoms with E-state index in [2.05, 4.69) is 20.3 Å². The SMILES string of the molecule is CC(=O)c1ccc(NC(=O)c2cnc(-c3ccccc3)nc2-c2ccncc2)cc1. The summed E-state index contributed by atoms with van der Waals surface area (Å²) in [6.07, 6.45) is 4.84. The third kappa shape index (κ3) is 4.12. The van der Waals surface area contributed by atoms with Crippen molar-refractivity contribution in [3.05, 3.63) is 96.4 Å². The number of nitrogens with one attached hydrogen (secondary N) is 1. The summed E-state index contributed by atoms with van der Waals surface area (Å²) < 4.78 is 0. The molecule has 4 rings (SSSR count). The predicted octanol–water partition coefficient (Wildman–Crippen LogP) is 4.66. The number of benzene rings is 2. The highest BCUT2D eigenvalue weighted by Gasteiger charge is 2.17. The van der Waals surface area contributed by atoms with Crippen molar-refractivity contribution in [1.82, 2.24) is 15.0 Å². The van der Waals surface area contributed by atoms with Crippen molar-refractivity contribution < 1.29 is 9.59 Å². The Morgan fingerprint density at radius 2 is 1.53 bits per heavy atom. The van der Waals surface area contributed by atoms with Crippen LogP contribution in [0.4, 0.5) is 5.69 Å². The first kappa shape index (κ1) is 19.1. The average molecular weight is 394 g/mol. The molecule has 2 heterocycles. The van der Waals surface area contributed by atoms with E-state index in [1.54, 1.807) is 48.8 Å². The highest BCUT2D eigenvalue weighted by atomic mass is 16.1. The van der Waals surface area contributed by atoms with Crippen LogP contribution >= 0.6 is 0 Å². The summed E-state index contributed by atoms with van der Waals surface area (Å²) in [7, 11) is 0. The van der Waals surface area contributed by atoms with Gasteiger partial charge in [0, 0.05) is 41.0 Å². The normalized spacial score (nSPS) is 10.4. The van der Waals surface area contributed by atoms with Gasteiger partial charge in [0.2, 0.25) is 0 Å². The number of ketones is 1. The molecule has 30 heavy (non-hydrogen) atoms. The molecule has 0 saturated carbocycles. The minimum absolute atomic E-state index is 0.0299. The molecule has 0 aliphatic rings. The molecular weight excluding hydrogens is 376 g/mol. The summed E-state index contributed by atoms with van der Waals surface area (Å²) in [6, 6.07) is 19.9. The van der Waals surface area contributed by atoms with Gasteiger partial charge in [0.25, 0.3) is 5.91 Å². The van der Waals surface area contributed by atoms with Crippen molar-refractivity contribution in [2.45, 2.75) is 6.92 Å². The maximum atomic E-state index is 13.0. The summed E-state index contributed by atoms with van der Waals surface area (Å²) in [5.74, 6) is 0.166. The van der Waals surface area contributed by atoms with Crippen LogP contribution in [0.15, 0.2) is 85.3 Å². The number of amides is 1. The monoisotopic (exact) mass is 394 g/mol. The van der Waals surface area contributed by atoms with E-state index in [4.69, 9.17) is 0 Å². The molecular formula is C24H18N4O2. The number of Topliss-reactive ketones (excluding diaryl/α,β-unsaturated/α-hetero) is 1. The van der Waals surface area contributed by atoms with Crippen molar-refractivity contribution >= 4 is 17.4 Å². The number of aromatic nitrogens is 3. The van der Waals surface area contributed by atoms with Gasteiger partial charge in [0.1, 0.15) is 0 Å². The van der Waals surface area contributed by atoms with Crippen LogP contribution in [0.2, 0.25) is 0 Å². The summed E-state index contributed by atoms with van der Waals surface area (Å²) in [4.78, 5) is 37.6. The average Bonchev–Trinajstić information content (AvgIpc) is 2.80. The lowest BCUT2D eigenvalue weighted by molar-refractivity contribution is 0.101. The van der Waals surface area contributed by atoms with Crippen molar-refractivity contribution in [2.75, 3.05) is 5.32 Å². The highest BCUT2D eigenvalue weighted by molar-refractivity contribution is 6.08. The van der Waals surface area contributed by atoms with Crippen LogP contribution in [0.5, 0.6) is 0 Å². The first-order valence-electron chi connectivity index (χ1n) is 9.37. The molecule has 1 N–H and O–H groups in total. The fraction of sp³-hybridized carbons (Fsp3) is 0.0417. The largest absolute Gasteiger partial charge is 0.322 e. The molecule has 6 heteroatoms. The van der Waals surface area contributed by atoms with E-state index in [-0.39, 0.29) is 11.7 Å². The molecule has 0 radical (unpaired) electrons. The van der Waals surface area contributed by atoms with Gasteiger partial charge in [0.05, 0.1) is 11.3 Å². The molecule has 2 aromatic heterocycles. The first-order chi connectivity index (χ1) is 14.6. The molecule has 0 spiro atoms. The van der Waals surface area contributed by atoms with E-state index in [1.165, 1.54) is 13.1 Å². The van der Waals surface area contributed by atoms with Gasteiger partial charge in [-0.25, -0.2) is 9.97 Å². The lowest BCUT2D eigenvalue weighted by Gasteiger charge is -2.11. The fourth-order valence-corrected chi connectivity index (χ4v) is 2.99. The zero-order chi connectivity index (χ0) is 20.9. The third-order valence-electron chi connectivity index (χ3n) is 4.57. The third-order valence-corrected chi connectivity index (χ3v) is 4.57. The molecule has 0 saturated heterocycles. The summed E-state index contributed by atoms with van der Waals surface area (Å²) in [5.41, 5.74) is 3.65. The lowest BCUT2D eigenvalue weighted by Crippen LogP contribution is -2.15. The summed E-state index contributed by atoms with van der Waals surface area (Å²) in [5, 5.41) is 2.85. The van der Waals surface area contributed by atoms with Crippen LogP contribution in [-0.2, 0) is 0 Å². The minimum atomic E-state index is -0.336. The van der Waals surface area contributed by atoms with Crippen LogP contribution in [0.1, 0.15) is 27.6 Å². The van der Waals surface area contributed by atoms with E-state index in [1.807, 2.05) is 30.3 Å². The summed E-state index contributed by atoms with van der Waals surface area (Å²) >= 11 is 0. The number of hydrogen-bond donors (Lipinski definition) is 1. The Morgan fingerprint density at radius 1 is 0.833 bits per heavy atom. The standard InChI is InChI=1S/C24H18N4O2/c1-16(29)17-7-9-20(10-8-17)27-24(30)21-15-26-23(19-5-3-2-4-6-19)28-22(21)18-11-13-25-14-12-18/h2-15H,1H3,(H,27,30). The van der Waals surface area contributed by atoms with Crippen LogP contribution in [0, 0.1) is 0 Å². The predicted molar refractivity (Wildman–Crippen MR) is 115 cm³/mol. The van der Waals surface area contributed by atoms with Crippen molar-refractivity contribution in [3.63, 3.8) is 0 Å². The van der Waals surface area contributed by atoms with Crippen molar-refractivity contribution in [2.24, 2.45) is 0 Å². The van der Waals surface area contributed by atoms with Crippen LogP contribution in [0.25, 0.3) is 22.6 Å². The number of hydrogen-bond acceptors (Lipinski definition) is 5. The second-order valence-electron chi connectivity index (χ2n) is 6.65. The van der Waals surface area contributed by atoms with E-state index in [0.717, 1.165) is 11.1 Å². The van der Waals surface area contributed by atoms with Gasteiger partial charge in [-0.05, 0) is 43.3 Å². The van der Waals surface area contributed by atoms with Gasteiger partial charge < -0.3 is 5.32 Å². The van der Waals surface area contributed by atoms with Gasteiger partial charge in [-0.2, -0.15) is 0 Å². The topological polar surface area (TPSA) is 84.8 Å². The molecule has 0 bridgehead atoms.